The summed E-state index contributed by atoms with van der Waals surface area (Å²) >= 11 is 6.33. The number of likely N-dealkylation sites (tertiary alicyclic amines) is 1. The highest BCUT2D eigenvalue weighted by Crippen LogP contribution is 2.23. The molecule has 2 aromatic heterocycles. The summed E-state index contributed by atoms with van der Waals surface area (Å²) in [5, 5.41) is 16.6. The highest BCUT2D eigenvalue weighted by molar-refractivity contribution is 6.31. The van der Waals surface area contributed by atoms with Gasteiger partial charge in [0.05, 0.1) is 16.4 Å². The maximum atomic E-state index is 6.33. The van der Waals surface area contributed by atoms with Crippen molar-refractivity contribution >= 4 is 17.4 Å². The normalized spacial score (nSPS) is 16.9. The van der Waals surface area contributed by atoms with Gasteiger partial charge in [0.2, 0.25) is 0 Å². The average Bonchev–Trinajstić information content (AvgIpc) is 2.77. The number of aromatic nitrogens is 4. The van der Waals surface area contributed by atoms with Gasteiger partial charge in [-0.05, 0) is 31.9 Å². The molecule has 0 saturated carbocycles. The van der Waals surface area contributed by atoms with Crippen LogP contribution in [-0.2, 0) is 13.6 Å². The molecule has 0 radical (unpaired) electrons. The van der Waals surface area contributed by atoms with Crippen molar-refractivity contribution in [3.8, 4) is 0 Å². The van der Waals surface area contributed by atoms with Crippen molar-refractivity contribution < 1.29 is 0 Å². The molecule has 1 saturated heterocycles. The average molecular weight is 321 g/mol. The summed E-state index contributed by atoms with van der Waals surface area (Å²) in [6.07, 6.45) is 3.86. The van der Waals surface area contributed by atoms with Crippen molar-refractivity contribution in [1.29, 1.82) is 0 Å². The predicted octanol–water partition coefficient (Wildman–Crippen LogP) is 2.25. The van der Waals surface area contributed by atoms with E-state index in [0.717, 1.165) is 54.7 Å². The highest BCUT2D eigenvalue weighted by atomic mass is 35.5. The van der Waals surface area contributed by atoms with E-state index in [-0.39, 0.29) is 0 Å². The molecule has 118 valence electrons. The molecule has 0 aliphatic carbocycles. The van der Waals surface area contributed by atoms with Crippen LogP contribution in [0.25, 0.3) is 0 Å². The van der Waals surface area contributed by atoms with E-state index in [9.17, 15) is 0 Å². The summed E-state index contributed by atoms with van der Waals surface area (Å²) in [4.78, 5) is 2.43. The minimum Gasteiger partial charge on any atom is -0.366 e. The zero-order valence-corrected chi connectivity index (χ0v) is 13.7. The SMILES string of the molecule is Cc1nn(C)c(CN2CCC(Nc3cccnn3)CC2)c1Cl. The van der Waals surface area contributed by atoms with Gasteiger partial charge in [-0.25, -0.2) is 0 Å². The van der Waals surface area contributed by atoms with E-state index in [0.29, 0.717) is 6.04 Å². The molecule has 1 aliphatic rings. The number of nitrogens with one attached hydrogen (secondary N) is 1. The first kappa shape index (κ1) is 15.2. The van der Waals surface area contributed by atoms with Gasteiger partial charge in [0.15, 0.2) is 0 Å². The van der Waals surface area contributed by atoms with Gasteiger partial charge < -0.3 is 5.32 Å². The molecule has 0 amide bonds. The molecule has 2 aromatic rings. The van der Waals surface area contributed by atoms with Crippen molar-refractivity contribution in [2.24, 2.45) is 7.05 Å². The Bertz CT molecular complexity index is 618. The number of aryl methyl sites for hydroxylation is 2. The molecule has 0 atom stereocenters. The Morgan fingerprint density at radius 2 is 2.14 bits per heavy atom. The molecule has 6 nitrogen and oxygen atoms in total. The number of piperidine rings is 1. The number of hydrogen-bond donors (Lipinski definition) is 1. The minimum absolute atomic E-state index is 0.455. The van der Waals surface area contributed by atoms with Crippen LogP contribution in [0.4, 0.5) is 5.82 Å². The molecule has 3 rings (SSSR count). The van der Waals surface area contributed by atoms with Gasteiger partial charge in [-0.2, -0.15) is 10.2 Å². The molecular formula is C15H21ClN6. The van der Waals surface area contributed by atoms with E-state index in [2.05, 4.69) is 25.5 Å². The topological polar surface area (TPSA) is 58.9 Å². The Labute approximate surface area is 135 Å². The van der Waals surface area contributed by atoms with Crippen molar-refractivity contribution in [3.05, 3.63) is 34.7 Å². The Hall–Kier alpha value is -1.66. The molecule has 1 fully saturated rings. The zero-order chi connectivity index (χ0) is 15.5. The summed E-state index contributed by atoms with van der Waals surface area (Å²) < 4.78 is 1.89. The van der Waals surface area contributed by atoms with Crippen LogP contribution < -0.4 is 5.32 Å². The van der Waals surface area contributed by atoms with Crippen LogP contribution in [-0.4, -0.2) is 44.0 Å². The molecule has 0 bridgehead atoms. The highest BCUT2D eigenvalue weighted by Gasteiger charge is 2.22. The molecule has 7 heteroatoms. The lowest BCUT2D eigenvalue weighted by Crippen LogP contribution is -2.39. The van der Waals surface area contributed by atoms with E-state index in [1.807, 2.05) is 30.8 Å². The van der Waals surface area contributed by atoms with Crippen LogP contribution >= 0.6 is 11.6 Å². The summed E-state index contributed by atoms with van der Waals surface area (Å²) in [7, 11) is 1.95. The van der Waals surface area contributed by atoms with Gasteiger partial charge in [0.25, 0.3) is 0 Å². The predicted molar refractivity (Wildman–Crippen MR) is 86.9 cm³/mol. The van der Waals surface area contributed by atoms with E-state index in [1.54, 1.807) is 6.20 Å². The third-order valence-electron chi connectivity index (χ3n) is 4.15. The number of hydrogen-bond acceptors (Lipinski definition) is 5. The molecular weight excluding hydrogens is 300 g/mol. The largest absolute Gasteiger partial charge is 0.366 e. The van der Waals surface area contributed by atoms with Crippen molar-refractivity contribution in [3.63, 3.8) is 0 Å². The van der Waals surface area contributed by atoms with Gasteiger partial charge in [0.1, 0.15) is 5.82 Å². The summed E-state index contributed by atoms with van der Waals surface area (Å²) in [6.45, 7) is 4.88. The Morgan fingerprint density at radius 3 is 2.73 bits per heavy atom. The molecule has 1 N–H and O–H groups in total. The molecule has 0 spiro atoms. The van der Waals surface area contributed by atoms with Crippen LogP contribution in [0, 0.1) is 6.92 Å². The van der Waals surface area contributed by atoms with Gasteiger partial charge >= 0.3 is 0 Å². The number of halogens is 1. The maximum absolute atomic E-state index is 6.33. The van der Waals surface area contributed by atoms with Gasteiger partial charge in [-0.3, -0.25) is 9.58 Å². The van der Waals surface area contributed by atoms with Crippen LogP contribution in [0.3, 0.4) is 0 Å². The fourth-order valence-electron chi connectivity index (χ4n) is 2.89. The number of nitrogens with zero attached hydrogens (tertiary/aromatic N) is 5. The quantitative estimate of drug-likeness (QED) is 0.936. The van der Waals surface area contributed by atoms with Gasteiger partial charge in [-0.1, -0.05) is 11.6 Å². The second-order valence-corrected chi connectivity index (χ2v) is 6.15. The van der Waals surface area contributed by atoms with Crippen LogP contribution in [0.1, 0.15) is 24.2 Å². The van der Waals surface area contributed by atoms with E-state index < -0.39 is 0 Å². The fourth-order valence-corrected chi connectivity index (χ4v) is 3.11. The Morgan fingerprint density at radius 1 is 1.36 bits per heavy atom. The van der Waals surface area contributed by atoms with E-state index in [1.165, 1.54) is 0 Å². The second-order valence-electron chi connectivity index (χ2n) is 5.77. The number of rotatable bonds is 4. The lowest BCUT2D eigenvalue weighted by Gasteiger charge is -2.32. The lowest BCUT2D eigenvalue weighted by atomic mass is 10.0. The smallest absolute Gasteiger partial charge is 0.148 e. The fraction of sp³-hybridized carbons (Fsp3) is 0.533. The molecule has 3 heterocycles. The van der Waals surface area contributed by atoms with E-state index in [4.69, 9.17) is 11.6 Å². The lowest BCUT2D eigenvalue weighted by molar-refractivity contribution is 0.206. The monoisotopic (exact) mass is 320 g/mol. The Kier molecular flexibility index (Phi) is 4.59. The second kappa shape index (κ2) is 6.62. The van der Waals surface area contributed by atoms with Crippen molar-refractivity contribution in [2.45, 2.75) is 32.4 Å². The van der Waals surface area contributed by atoms with Crippen molar-refractivity contribution in [2.75, 3.05) is 18.4 Å². The molecule has 22 heavy (non-hydrogen) atoms. The summed E-state index contributed by atoms with van der Waals surface area (Å²) in [5.74, 6) is 0.853. The first-order valence-electron chi connectivity index (χ1n) is 7.58. The first-order chi connectivity index (χ1) is 10.6. The van der Waals surface area contributed by atoms with Gasteiger partial charge in [-0.15, -0.1) is 5.10 Å². The molecule has 0 aromatic carbocycles. The standard InChI is InChI=1S/C15H21ClN6/c1-11-15(16)13(21(2)20-11)10-22-8-5-12(6-9-22)18-14-4-3-7-17-19-14/h3-4,7,12H,5-6,8-10H2,1-2H3,(H,18,19). The molecule has 1 aliphatic heterocycles. The minimum atomic E-state index is 0.455. The molecule has 0 unspecified atom stereocenters. The van der Waals surface area contributed by atoms with Crippen LogP contribution in [0.2, 0.25) is 5.02 Å². The van der Waals surface area contributed by atoms with Crippen LogP contribution in [0.15, 0.2) is 18.3 Å². The van der Waals surface area contributed by atoms with Gasteiger partial charge in [0, 0.05) is 38.9 Å². The summed E-state index contributed by atoms with van der Waals surface area (Å²) in [6, 6.07) is 4.31. The summed E-state index contributed by atoms with van der Waals surface area (Å²) in [5.41, 5.74) is 2.00. The van der Waals surface area contributed by atoms with Crippen molar-refractivity contribution in [1.82, 2.24) is 24.9 Å². The first-order valence-corrected chi connectivity index (χ1v) is 7.96. The van der Waals surface area contributed by atoms with E-state index >= 15 is 0 Å². The van der Waals surface area contributed by atoms with Crippen LogP contribution in [0.5, 0.6) is 0 Å². The number of anilines is 1. The zero-order valence-electron chi connectivity index (χ0n) is 13.0. The maximum Gasteiger partial charge on any atom is 0.148 e. The third-order valence-corrected chi connectivity index (χ3v) is 4.64. The third kappa shape index (κ3) is 3.39. The Balaban J connectivity index is 1.53.